The number of methoxy groups -OCH3 is 1. The maximum atomic E-state index is 13.8. The van der Waals surface area contributed by atoms with E-state index in [4.69, 9.17) is 9.47 Å². The second-order valence-electron chi connectivity index (χ2n) is 5.87. The third-order valence-electron chi connectivity index (χ3n) is 3.97. The van der Waals surface area contributed by atoms with Crippen molar-refractivity contribution in [1.29, 1.82) is 0 Å². The summed E-state index contributed by atoms with van der Waals surface area (Å²) in [5.74, 6) is 0.354. The molecule has 1 aromatic heterocycles. The number of carbonyl (C=O) groups is 1. The van der Waals surface area contributed by atoms with Crippen LogP contribution < -0.4 is 14.9 Å². The minimum absolute atomic E-state index is 0.215. The molecule has 0 aliphatic rings. The van der Waals surface area contributed by atoms with E-state index in [0.717, 1.165) is 21.2 Å². The summed E-state index contributed by atoms with van der Waals surface area (Å²) in [4.78, 5) is 11.8. The highest BCUT2D eigenvalue weighted by Crippen LogP contribution is 2.24. The summed E-state index contributed by atoms with van der Waals surface area (Å²) in [7, 11) is 3.11. The highest BCUT2D eigenvalue weighted by molar-refractivity contribution is 5.86. The Bertz CT molecular complexity index is 1010. The summed E-state index contributed by atoms with van der Waals surface area (Å²) in [6.07, 6.45) is 1.22. The Balaban J connectivity index is 1.57. The molecule has 0 saturated heterocycles. The maximum absolute atomic E-state index is 13.8. The largest absolute Gasteiger partial charge is 0.497 e. The predicted molar refractivity (Wildman–Crippen MR) is 99.6 cm³/mol. The van der Waals surface area contributed by atoms with Gasteiger partial charge in [-0.1, -0.05) is 12.1 Å². The Morgan fingerprint density at radius 1 is 1.26 bits per heavy atom. The first-order valence-corrected chi connectivity index (χ1v) is 8.19. The van der Waals surface area contributed by atoms with Gasteiger partial charge in [-0.15, -0.1) is 0 Å². The normalized spacial score (nSPS) is 11.1. The van der Waals surface area contributed by atoms with Gasteiger partial charge in [0.15, 0.2) is 6.61 Å². The predicted octanol–water partition coefficient (Wildman–Crippen LogP) is 2.56. The van der Waals surface area contributed by atoms with Crippen molar-refractivity contribution >= 4 is 22.9 Å². The Kier molecular flexibility index (Phi) is 5.35. The van der Waals surface area contributed by atoms with Crippen molar-refractivity contribution < 1.29 is 18.7 Å². The van der Waals surface area contributed by atoms with Crippen molar-refractivity contribution in [3.05, 3.63) is 53.6 Å². The van der Waals surface area contributed by atoms with Gasteiger partial charge in [-0.2, -0.15) is 14.6 Å². The average molecular weight is 370 g/mol. The van der Waals surface area contributed by atoms with E-state index < -0.39 is 11.9 Å². The molecule has 7 nitrogen and oxygen atoms in total. The van der Waals surface area contributed by atoms with Crippen LogP contribution in [0.5, 0.6) is 11.5 Å². The molecule has 0 saturated carbocycles. The van der Waals surface area contributed by atoms with Crippen molar-refractivity contribution in [2.24, 2.45) is 12.1 Å². The number of aromatic nitrogens is 2. The molecule has 140 valence electrons. The van der Waals surface area contributed by atoms with E-state index in [1.165, 1.54) is 13.3 Å². The molecule has 1 heterocycles. The lowest BCUT2D eigenvalue weighted by Crippen LogP contribution is -2.24. The van der Waals surface area contributed by atoms with Crippen molar-refractivity contribution in [3.63, 3.8) is 0 Å². The fourth-order valence-electron chi connectivity index (χ4n) is 2.56. The van der Waals surface area contributed by atoms with Crippen LogP contribution >= 0.6 is 0 Å². The zero-order chi connectivity index (χ0) is 19.4. The van der Waals surface area contributed by atoms with Gasteiger partial charge in [0.1, 0.15) is 11.5 Å². The molecule has 3 rings (SSSR count). The molecule has 0 spiro atoms. The zero-order valence-electron chi connectivity index (χ0n) is 15.2. The fourth-order valence-corrected chi connectivity index (χ4v) is 2.56. The van der Waals surface area contributed by atoms with Gasteiger partial charge in [0.2, 0.25) is 5.95 Å². The molecule has 8 heteroatoms. The fraction of sp³-hybridized carbons (Fsp3) is 0.211. The molecule has 0 atom stereocenters. The van der Waals surface area contributed by atoms with Crippen LogP contribution in [0.3, 0.4) is 0 Å². The minimum Gasteiger partial charge on any atom is -0.497 e. The Hall–Kier alpha value is -3.42. The lowest BCUT2D eigenvalue weighted by atomic mass is 10.1. The van der Waals surface area contributed by atoms with Crippen LogP contribution in [0, 0.1) is 12.9 Å². The van der Waals surface area contributed by atoms with Crippen LogP contribution in [0.25, 0.3) is 10.8 Å². The van der Waals surface area contributed by atoms with E-state index in [0.29, 0.717) is 11.4 Å². The second-order valence-corrected chi connectivity index (χ2v) is 5.87. The van der Waals surface area contributed by atoms with E-state index in [2.05, 4.69) is 15.6 Å². The quantitative estimate of drug-likeness (QED) is 0.534. The van der Waals surface area contributed by atoms with Gasteiger partial charge in [0, 0.05) is 7.05 Å². The molecule has 2 aromatic carbocycles. The standard InChI is InChI=1S/C19H19FN4O3/c1-12-17(19(20)24(2)23-12)10-21-22-18(25)11-27-16-7-5-13-8-15(26-3)6-4-14(13)9-16/h4-10H,11H2,1-3H3,(H,22,25)/b21-10+. The molecule has 1 N–H and O–H groups in total. The number of hydrogen-bond acceptors (Lipinski definition) is 5. The number of halogens is 1. The smallest absolute Gasteiger partial charge is 0.277 e. The molecule has 0 aliphatic heterocycles. The van der Waals surface area contributed by atoms with Crippen LogP contribution in [0.4, 0.5) is 4.39 Å². The van der Waals surface area contributed by atoms with E-state index in [9.17, 15) is 9.18 Å². The van der Waals surface area contributed by atoms with E-state index in [-0.39, 0.29) is 12.2 Å². The number of ether oxygens (including phenoxy) is 2. The number of nitrogens with zero attached hydrogens (tertiary/aromatic N) is 3. The summed E-state index contributed by atoms with van der Waals surface area (Å²) in [5, 5.41) is 9.64. The lowest BCUT2D eigenvalue weighted by Gasteiger charge is -2.07. The van der Waals surface area contributed by atoms with Crippen molar-refractivity contribution in [2.75, 3.05) is 13.7 Å². The molecule has 1 amide bonds. The summed E-state index contributed by atoms with van der Waals surface area (Å²) < 4.78 is 25.5. The van der Waals surface area contributed by atoms with E-state index in [1.54, 1.807) is 20.1 Å². The summed E-state index contributed by atoms with van der Waals surface area (Å²) in [6, 6.07) is 11.2. The van der Waals surface area contributed by atoms with Crippen molar-refractivity contribution in [2.45, 2.75) is 6.92 Å². The zero-order valence-corrected chi connectivity index (χ0v) is 15.2. The van der Waals surface area contributed by atoms with Crippen molar-refractivity contribution in [3.8, 4) is 11.5 Å². The number of hydrazone groups is 1. The molecular weight excluding hydrogens is 351 g/mol. The topological polar surface area (TPSA) is 77.7 Å². The first kappa shape index (κ1) is 18.4. The molecule has 0 bridgehead atoms. The Labute approximate surface area is 155 Å². The number of hydrogen-bond donors (Lipinski definition) is 1. The van der Waals surface area contributed by atoms with Gasteiger partial charge in [0.25, 0.3) is 5.91 Å². The summed E-state index contributed by atoms with van der Waals surface area (Å²) in [5.41, 5.74) is 3.01. The van der Waals surface area contributed by atoms with Gasteiger partial charge < -0.3 is 9.47 Å². The third kappa shape index (κ3) is 4.22. The Morgan fingerprint density at radius 3 is 2.56 bits per heavy atom. The first-order chi connectivity index (χ1) is 13.0. The average Bonchev–Trinajstić information content (AvgIpc) is 2.91. The van der Waals surface area contributed by atoms with Crippen LogP contribution in [-0.2, 0) is 11.8 Å². The number of benzene rings is 2. The number of carbonyl (C=O) groups excluding carboxylic acids is 1. The second kappa shape index (κ2) is 7.86. The Morgan fingerprint density at radius 2 is 1.93 bits per heavy atom. The first-order valence-electron chi connectivity index (χ1n) is 8.19. The molecule has 3 aromatic rings. The van der Waals surface area contributed by atoms with Crippen LogP contribution in [0.1, 0.15) is 11.3 Å². The molecular formula is C19H19FN4O3. The van der Waals surface area contributed by atoms with Crippen LogP contribution in [0.15, 0.2) is 41.5 Å². The van der Waals surface area contributed by atoms with Gasteiger partial charge in [-0.3, -0.25) is 4.79 Å². The third-order valence-corrected chi connectivity index (χ3v) is 3.97. The number of nitrogens with one attached hydrogen (secondary N) is 1. The lowest BCUT2D eigenvalue weighted by molar-refractivity contribution is -0.123. The molecule has 0 unspecified atom stereocenters. The van der Waals surface area contributed by atoms with Gasteiger partial charge in [-0.05, 0) is 42.0 Å². The van der Waals surface area contributed by atoms with Gasteiger partial charge in [0.05, 0.1) is 24.6 Å². The minimum atomic E-state index is -0.519. The molecule has 0 radical (unpaired) electrons. The number of aryl methyl sites for hydroxylation is 2. The summed E-state index contributed by atoms with van der Waals surface area (Å²) >= 11 is 0. The highest BCUT2D eigenvalue weighted by Gasteiger charge is 2.10. The molecule has 27 heavy (non-hydrogen) atoms. The number of amides is 1. The number of rotatable bonds is 6. The molecule has 0 fully saturated rings. The van der Waals surface area contributed by atoms with E-state index >= 15 is 0 Å². The van der Waals surface area contributed by atoms with Crippen molar-refractivity contribution in [1.82, 2.24) is 15.2 Å². The van der Waals surface area contributed by atoms with Gasteiger partial charge >= 0.3 is 0 Å². The van der Waals surface area contributed by atoms with Crippen LogP contribution in [-0.4, -0.2) is 35.6 Å². The van der Waals surface area contributed by atoms with Gasteiger partial charge in [-0.25, -0.2) is 10.1 Å². The molecule has 0 aliphatic carbocycles. The summed E-state index contributed by atoms with van der Waals surface area (Å²) in [6.45, 7) is 1.44. The maximum Gasteiger partial charge on any atom is 0.277 e. The SMILES string of the molecule is COc1ccc2cc(OCC(=O)N/N=C/c3c(C)nn(C)c3F)ccc2c1. The highest BCUT2D eigenvalue weighted by atomic mass is 19.1. The van der Waals surface area contributed by atoms with Crippen LogP contribution in [0.2, 0.25) is 0 Å². The van der Waals surface area contributed by atoms with E-state index in [1.807, 2.05) is 30.3 Å². The number of fused-ring (bicyclic) bond motifs is 1. The monoisotopic (exact) mass is 370 g/mol.